The minimum absolute atomic E-state index is 0.111. The Morgan fingerprint density at radius 2 is 1.88 bits per heavy atom. The summed E-state index contributed by atoms with van der Waals surface area (Å²) in [4.78, 5) is 16.9. The molecule has 2 heterocycles. The molecule has 0 unspecified atom stereocenters. The van der Waals surface area contributed by atoms with E-state index in [0.29, 0.717) is 28.0 Å². The third-order valence-electron chi connectivity index (χ3n) is 4.49. The highest BCUT2D eigenvalue weighted by molar-refractivity contribution is 7.14. The summed E-state index contributed by atoms with van der Waals surface area (Å²) in [7, 11) is 0. The van der Waals surface area contributed by atoms with Crippen LogP contribution in [0, 0.1) is 22.7 Å². The molecule has 0 saturated carbocycles. The number of furan rings is 1. The molecule has 4 rings (SSSR count). The molecule has 0 saturated heterocycles. The van der Waals surface area contributed by atoms with Gasteiger partial charge in [-0.05, 0) is 36.4 Å². The lowest BCUT2D eigenvalue weighted by Crippen LogP contribution is -2.13. The van der Waals surface area contributed by atoms with Crippen LogP contribution in [-0.4, -0.2) is 10.9 Å². The number of nitriles is 2. The predicted octanol–water partition coefficient (Wildman–Crippen LogP) is 5.40. The third-order valence-corrected chi connectivity index (χ3v) is 5.25. The Balaban J connectivity index is 1.39. The normalized spacial score (nSPS) is 10.8. The van der Waals surface area contributed by atoms with Crippen LogP contribution in [0.3, 0.4) is 0 Å². The quantitative estimate of drug-likeness (QED) is 0.297. The molecular formula is C25H16N4O3S. The Bertz CT molecular complexity index is 1370. The van der Waals surface area contributed by atoms with E-state index in [2.05, 4.69) is 10.3 Å². The number of hydrogen-bond donors (Lipinski definition) is 1. The highest BCUT2D eigenvalue weighted by atomic mass is 32.1. The average Bonchev–Trinajstić information content (AvgIpc) is 3.51. The standard InChI is InChI=1S/C25H16N4O3S/c26-13-17-6-8-20(9-7-17)31-15-22-11-10-21(32-22)12-19(14-27)24(30)29-25-28-23(16-33-25)18-4-2-1-3-5-18/h1-12,16H,15H2,(H,28,29,30). The van der Waals surface area contributed by atoms with Crippen LogP contribution in [0.15, 0.2) is 82.1 Å². The van der Waals surface area contributed by atoms with E-state index < -0.39 is 5.91 Å². The summed E-state index contributed by atoms with van der Waals surface area (Å²) in [6, 6.07) is 23.6. The van der Waals surface area contributed by atoms with Gasteiger partial charge in [0.25, 0.3) is 5.91 Å². The summed E-state index contributed by atoms with van der Waals surface area (Å²) in [6.45, 7) is 0.162. The molecular weight excluding hydrogens is 436 g/mol. The predicted molar refractivity (Wildman–Crippen MR) is 124 cm³/mol. The fourth-order valence-electron chi connectivity index (χ4n) is 2.86. The molecule has 0 atom stereocenters. The van der Waals surface area contributed by atoms with Crippen LogP contribution in [0.25, 0.3) is 17.3 Å². The SMILES string of the molecule is N#CC(=Cc1ccc(COc2ccc(C#N)cc2)o1)C(=O)Nc1nc(-c2ccccc2)cs1. The van der Waals surface area contributed by atoms with Crippen molar-refractivity contribution in [1.29, 1.82) is 10.5 Å². The number of benzene rings is 2. The average molecular weight is 452 g/mol. The lowest BCUT2D eigenvalue weighted by atomic mass is 10.2. The van der Waals surface area contributed by atoms with Gasteiger partial charge in [0.2, 0.25) is 0 Å². The molecule has 8 heteroatoms. The molecule has 160 valence electrons. The van der Waals surface area contributed by atoms with Crippen LogP contribution < -0.4 is 10.1 Å². The first kappa shape index (κ1) is 21.6. The molecule has 1 N–H and O–H groups in total. The van der Waals surface area contributed by atoms with E-state index in [9.17, 15) is 10.1 Å². The number of rotatable bonds is 7. The van der Waals surface area contributed by atoms with Gasteiger partial charge in [0.05, 0.1) is 17.3 Å². The lowest BCUT2D eigenvalue weighted by molar-refractivity contribution is -0.112. The summed E-state index contributed by atoms with van der Waals surface area (Å²) in [5, 5.41) is 23.2. The number of carbonyl (C=O) groups is 1. The van der Waals surface area contributed by atoms with Gasteiger partial charge in [-0.3, -0.25) is 10.1 Å². The first-order valence-corrected chi connectivity index (χ1v) is 10.7. The van der Waals surface area contributed by atoms with Gasteiger partial charge in [-0.25, -0.2) is 4.98 Å². The van der Waals surface area contributed by atoms with Crippen LogP contribution >= 0.6 is 11.3 Å². The molecule has 0 fully saturated rings. The van der Waals surface area contributed by atoms with E-state index in [1.54, 1.807) is 36.4 Å². The van der Waals surface area contributed by atoms with Crippen LogP contribution in [0.5, 0.6) is 5.75 Å². The van der Waals surface area contributed by atoms with Gasteiger partial charge < -0.3 is 9.15 Å². The molecule has 0 radical (unpaired) electrons. The highest BCUT2D eigenvalue weighted by Gasteiger charge is 2.14. The fraction of sp³-hybridized carbons (Fsp3) is 0.0400. The summed E-state index contributed by atoms with van der Waals surface area (Å²) in [5.41, 5.74) is 2.12. The molecule has 7 nitrogen and oxygen atoms in total. The molecule has 4 aromatic rings. The number of hydrogen-bond acceptors (Lipinski definition) is 7. The molecule has 0 aliphatic carbocycles. The van der Waals surface area contributed by atoms with E-state index in [1.165, 1.54) is 17.4 Å². The topological polar surface area (TPSA) is 112 Å². The van der Waals surface area contributed by atoms with Gasteiger partial charge in [-0.15, -0.1) is 11.3 Å². The molecule has 0 spiro atoms. The summed E-state index contributed by atoms with van der Waals surface area (Å²) in [5.74, 6) is 0.899. The van der Waals surface area contributed by atoms with Gasteiger partial charge >= 0.3 is 0 Å². The van der Waals surface area contributed by atoms with Crippen LogP contribution in [-0.2, 0) is 11.4 Å². The number of amides is 1. The van der Waals surface area contributed by atoms with Crippen molar-refractivity contribution in [3.63, 3.8) is 0 Å². The molecule has 1 amide bonds. The van der Waals surface area contributed by atoms with Crippen molar-refractivity contribution in [3.05, 3.63) is 94.8 Å². The first-order valence-electron chi connectivity index (χ1n) is 9.80. The number of aromatic nitrogens is 1. The second-order valence-corrected chi connectivity index (χ2v) is 7.61. The number of carbonyl (C=O) groups excluding carboxylic acids is 1. The van der Waals surface area contributed by atoms with Crippen LogP contribution in [0.4, 0.5) is 5.13 Å². The second kappa shape index (κ2) is 10.1. The highest BCUT2D eigenvalue weighted by Crippen LogP contribution is 2.25. The Morgan fingerprint density at radius 1 is 1.09 bits per heavy atom. The summed E-state index contributed by atoms with van der Waals surface area (Å²) >= 11 is 1.28. The Kier molecular flexibility index (Phi) is 6.60. The van der Waals surface area contributed by atoms with Gasteiger partial charge in [0.1, 0.15) is 35.5 Å². The second-order valence-electron chi connectivity index (χ2n) is 6.76. The zero-order chi connectivity index (χ0) is 23.0. The van der Waals surface area contributed by atoms with Gasteiger partial charge in [-0.2, -0.15) is 10.5 Å². The van der Waals surface area contributed by atoms with E-state index in [-0.39, 0.29) is 12.2 Å². The van der Waals surface area contributed by atoms with E-state index >= 15 is 0 Å². The number of ether oxygens (including phenoxy) is 1. The van der Waals surface area contributed by atoms with Crippen molar-refractivity contribution >= 4 is 28.5 Å². The van der Waals surface area contributed by atoms with Crippen molar-refractivity contribution in [1.82, 2.24) is 4.98 Å². The third kappa shape index (κ3) is 5.53. The zero-order valence-corrected chi connectivity index (χ0v) is 18.0. The maximum atomic E-state index is 12.5. The zero-order valence-electron chi connectivity index (χ0n) is 17.2. The summed E-state index contributed by atoms with van der Waals surface area (Å²) in [6.07, 6.45) is 1.37. The number of nitrogens with one attached hydrogen (secondary N) is 1. The molecule has 0 aliphatic heterocycles. The van der Waals surface area contributed by atoms with Crippen LogP contribution in [0.2, 0.25) is 0 Å². The lowest BCUT2D eigenvalue weighted by Gasteiger charge is -2.03. The van der Waals surface area contributed by atoms with Crippen molar-refractivity contribution in [2.24, 2.45) is 0 Å². The van der Waals surface area contributed by atoms with Crippen molar-refractivity contribution in [3.8, 4) is 29.1 Å². The Labute approximate surface area is 193 Å². The van der Waals surface area contributed by atoms with Crippen molar-refractivity contribution < 1.29 is 13.9 Å². The molecule has 33 heavy (non-hydrogen) atoms. The van der Waals surface area contributed by atoms with E-state index in [0.717, 1.165) is 11.3 Å². The van der Waals surface area contributed by atoms with Crippen LogP contribution in [0.1, 0.15) is 17.1 Å². The number of nitrogens with zero attached hydrogens (tertiary/aromatic N) is 3. The van der Waals surface area contributed by atoms with Gasteiger partial charge in [-0.1, -0.05) is 30.3 Å². The first-order chi connectivity index (χ1) is 16.1. The summed E-state index contributed by atoms with van der Waals surface area (Å²) < 4.78 is 11.3. The smallest absolute Gasteiger partial charge is 0.268 e. The number of anilines is 1. The van der Waals surface area contributed by atoms with E-state index in [4.69, 9.17) is 14.4 Å². The van der Waals surface area contributed by atoms with Crippen molar-refractivity contribution in [2.75, 3.05) is 5.32 Å². The van der Waals surface area contributed by atoms with Crippen molar-refractivity contribution in [2.45, 2.75) is 6.61 Å². The Morgan fingerprint density at radius 3 is 2.61 bits per heavy atom. The molecule has 2 aromatic carbocycles. The molecule has 2 aromatic heterocycles. The minimum atomic E-state index is -0.571. The van der Waals surface area contributed by atoms with Gasteiger partial charge in [0.15, 0.2) is 5.13 Å². The molecule has 0 aliphatic rings. The largest absolute Gasteiger partial charge is 0.486 e. The molecule has 0 bridgehead atoms. The Hall–Kier alpha value is -4.66. The maximum Gasteiger partial charge on any atom is 0.268 e. The minimum Gasteiger partial charge on any atom is -0.486 e. The number of thiazole rings is 1. The monoisotopic (exact) mass is 452 g/mol. The fourth-order valence-corrected chi connectivity index (χ4v) is 3.57. The maximum absolute atomic E-state index is 12.5. The van der Waals surface area contributed by atoms with E-state index in [1.807, 2.05) is 47.9 Å². The van der Waals surface area contributed by atoms with Gasteiger partial charge in [0, 0.05) is 17.0 Å².